The van der Waals surface area contributed by atoms with Gasteiger partial charge in [-0.15, -0.1) is 0 Å². The molecule has 0 saturated carbocycles. The third-order valence-corrected chi connectivity index (χ3v) is 4.45. The van der Waals surface area contributed by atoms with Crippen LogP contribution in [0.4, 0.5) is 0 Å². The Bertz CT molecular complexity index is 488. The molecule has 0 heterocycles. The predicted molar refractivity (Wildman–Crippen MR) is 103 cm³/mol. The predicted octanol–water partition coefficient (Wildman–Crippen LogP) is 5.24. The second kappa shape index (κ2) is 13.6. The molecule has 0 spiro atoms. The molecule has 1 aromatic carbocycles. The molecule has 1 N–H and O–H groups in total. The molecule has 4 heteroatoms. The summed E-state index contributed by atoms with van der Waals surface area (Å²) in [5, 5.41) is 2.98. The average molecular weight is 350 g/mol. The zero-order chi connectivity index (χ0) is 18.3. The lowest BCUT2D eigenvalue weighted by molar-refractivity contribution is -0.121. The van der Waals surface area contributed by atoms with Crippen molar-refractivity contribution in [3.05, 3.63) is 23.8 Å². The van der Waals surface area contributed by atoms with Crippen molar-refractivity contribution in [3.8, 4) is 11.5 Å². The summed E-state index contributed by atoms with van der Waals surface area (Å²) in [4.78, 5) is 11.9. The van der Waals surface area contributed by atoms with E-state index in [0.717, 1.165) is 18.4 Å². The first kappa shape index (κ1) is 21.3. The quantitative estimate of drug-likeness (QED) is 0.467. The maximum absolute atomic E-state index is 11.9. The van der Waals surface area contributed by atoms with E-state index in [1.165, 1.54) is 44.9 Å². The van der Waals surface area contributed by atoms with Gasteiger partial charge in [-0.3, -0.25) is 4.79 Å². The molecule has 4 nitrogen and oxygen atoms in total. The van der Waals surface area contributed by atoms with Crippen molar-refractivity contribution in [2.24, 2.45) is 0 Å². The average Bonchev–Trinajstić information content (AvgIpc) is 2.64. The van der Waals surface area contributed by atoms with Crippen LogP contribution >= 0.6 is 0 Å². The SMILES string of the molecule is CCCCCCCCCCCC(=O)NCc1ccc(OC)c(OC)c1. The minimum Gasteiger partial charge on any atom is -0.493 e. The number of carbonyl (C=O) groups is 1. The van der Waals surface area contributed by atoms with Crippen LogP contribution in [0.15, 0.2) is 18.2 Å². The number of hydrogen-bond acceptors (Lipinski definition) is 3. The van der Waals surface area contributed by atoms with Crippen molar-refractivity contribution in [1.82, 2.24) is 5.32 Å². The summed E-state index contributed by atoms with van der Waals surface area (Å²) in [6.45, 7) is 2.77. The molecule has 0 aliphatic heterocycles. The van der Waals surface area contributed by atoms with Gasteiger partial charge in [0.05, 0.1) is 14.2 Å². The Morgan fingerprint density at radius 1 is 0.880 bits per heavy atom. The van der Waals surface area contributed by atoms with E-state index in [-0.39, 0.29) is 5.91 Å². The molecule has 0 bridgehead atoms. The number of carbonyl (C=O) groups excluding carboxylic acids is 1. The Balaban J connectivity index is 2.11. The molecule has 0 saturated heterocycles. The second-order valence-electron chi connectivity index (χ2n) is 6.54. The van der Waals surface area contributed by atoms with Gasteiger partial charge in [-0.2, -0.15) is 0 Å². The highest BCUT2D eigenvalue weighted by molar-refractivity contribution is 5.75. The third kappa shape index (κ3) is 9.37. The van der Waals surface area contributed by atoms with Gasteiger partial charge in [-0.1, -0.05) is 64.4 Å². The molecule has 0 unspecified atom stereocenters. The fourth-order valence-corrected chi connectivity index (χ4v) is 2.88. The first-order valence-electron chi connectivity index (χ1n) is 9.68. The van der Waals surface area contributed by atoms with E-state index in [0.29, 0.717) is 24.5 Å². The highest BCUT2D eigenvalue weighted by Crippen LogP contribution is 2.27. The maximum atomic E-state index is 11.9. The summed E-state index contributed by atoms with van der Waals surface area (Å²) in [7, 11) is 3.23. The van der Waals surface area contributed by atoms with Gasteiger partial charge >= 0.3 is 0 Å². The molecule has 142 valence electrons. The monoisotopic (exact) mass is 349 g/mol. The van der Waals surface area contributed by atoms with Crippen LogP contribution in [0.25, 0.3) is 0 Å². The first-order valence-corrected chi connectivity index (χ1v) is 9.68. The first-order chi connectivity index (χ1) is 12.2. The minimum absolute atomic E-state index is 0.123. The third-order valence-electron chi connectivity index (χ3n) is 4.45. The Hall–Kier alpha value is -1.71. The molecule has 0 aromatic heterocycles. The number of ether oxygens (including phenoxy) is 2. The van der Waals surface area contributed by atoms with Gasteiger partial charge < -0.3 is 14.8 Å². The van der Waals surface area contributed by atoms with Crippen molar-refractivity contribution in [3.63, 3.8) is 0 Å². The van der Waals surface area contributed by atoms with Crippen molar-refractivity contribution >= 4 is 5.91 Å². The topological polar surface area (TPSA) is 47.6 Å². The van der Waals surface area contributed by atoms with Crippen molar-refractivity contribution in [2.45, 2.75) is 77.7 Å². The number of benzene rings is 1. The van der Waals surface area contributed by atoms with Crippen molar-refractivity contribution in [2.75, 3.05) is 14.2 Å². The summed E-state index contributed by atoms with van der Waals surface area (Å²) < 4.78 is 10.5. The van der Waals surface area contributed by atoms with Gasteiger partial charge in [0.15, 0.2) is 11.5 Å². The van der Waals surface area contributed by atoms with Crippen LogP contribution in [0, 0.1) is 0 Å². The molecule has 0 fully saturated rings. The number of amides is 1. The van der Waals surface area contributed by atoms with Crippen LogP contribution in [-0.4, -0.2) is 20.1 Å². The smallest absolute Gasteiger partial charge is 0.220 e. The summed E-state index contributed by atoms with van der Waals surface area (Å²) >= 11 is 0. The van der Waals surface area contributed by atoms with Gasteiger partial charge in [0.1, 0.15) is 0 Å². The van der Waals surface area contributed by atoms with Gasteiger partial charge in [0.25, 0.3) is 0 Å². The Morgan fingerprint density at radius 2 is 1.48 bits per heavy atom. The van der Waals surface area contributed by atoms with Crippen molar-refractivity contribution < 1.29 is 14.3 Å². The summed E-state index contributed by atoms with van der Waals surface area (Å²) in [6, 6.07) is 5.71. The van der Waals surface area contributed by atoms with E-state index in [1.807, 2.05) is 18.2 Å². The molecule has 25 heavy (non-hydrogen) atoms. The van der Waals surface area contributed by atoms with E-state index < -0.39 is 0 Å². The van der Waals surface area contributed by atoms with Crippen LogP contribution in [0.2, 0.25) is 0 Å². The fourth-order valence-electron chi connectivity index (χ4n) is 2.88. The van der Waals surface area contributed by atoms with E-state index in [1.54, 1.807) is 14.2 Å². The summed E-state index contributed by atoms with van der Waals surface area (Å²) in [5.74, 6) is 1.51. The van der Waals surface area contributed by atoms with Crippen LogP contribution in [-0.2, 0) is 11.3 Å². The molecule has 1 rings (SSSR count). The van der Waals surface area contributed by atoms with Gasteiger partial charge in [-0.05, 0) is 24.1 Å². The number of rotatable bonds is 14. The second-order valence-corrected chi connectivity index (χ2v) is 6.54. The van der Waals surface area contributed by atoms with E-state index in [4.69, 9.17) is 9.47 Å². The van der Waals surface area contributed by atoms with Crippen molar-refractivity contribution in [1.29, 1.82) is 0 Å². The highest BCUT2D eigenvalue weighted by atomic mass is 16.5. The van der Waals surface area contributed by atoms with Crippen LogP contribution in [0.3, 0.4) is 0 Å². The standard InChI is InChI=1S/C21H35NO3/c1-4-5-6-7-8-9-10-11-12-13-21(23)22-17-18-14-15-19(24-2)20(16-18)25-3/h14-16H,4-13,17H2,1-3H3,(H,22,23). The minimum atomic E-state index is 0.123. The Labute approximate surface area is 153 Å². The molecule has 0 aliphatic carbocycles. The Kier molecular flexibility index (Phi) is 11.6. The maximum Gasteiger partial charge on any atom is 0.220 e. The van der Waals surface area contributed by atoms with E-state index >= 15 is 0 Å². The van der Waals surface area contributed by atoms with Gasteiger partial charge in [0.2, 0.25) is 5.91 Å². The number of nitrogens with one attached hydrogen (secondary N) is 1. The van der Waals surface area contributed by atoms with Gasteiger partial charge in [0, 0.05) is 13.0 Å². The number of hydrogen-bond donors (Lipinski definition) is 1. The van der Waals surface area contributed by atoms with E-state index in [2.05, 4.69) is 12.2 Å². The molecule has 0 aliphatic rings. The van der Waals surface area contributed by atoms with Crippen LogP contribution < -0.4 is 14.8 Å². The normalized spacial score (nSPS) is 10.5. The molecular weight excluding hydrogens is 314 g/mol. The zero-order valence-electron chi connectivity index (χ0n) is 16.2. The van der Waals surface area contributed by atoms with Gasteiger partial charge in [-0.25, -0.2) is 0 Å². The van der Waals surface area contributed by atoms with Crippen LogP contribution in [0.5, 0.6) is 11.5 Å². The molecular formula is C21H35NO3. The number of unbranched alkanes of at least 4 members (excludes halogenated alkanes) is 8. The van der Waals surface area contributed by atoms with E-state index in [9.17, 15) is 4.79 Å². The summed E-state index contributed by atoms with van der Waals surface area (Å²) in [5.41, 5.74) is 1.01. The molecule has 1 amide bonds. The number of methoxy groups -OCH3 is 2. The highest BCUT2D eigenvalue weighted by Gasteiger charge is 2.06. The lowest BCUT2D eigenvalue weighted by Crippen LogP contribution is -2.22. The zero-order valence-corrected chi connectivity index (χ0v) is 16.2. The van der Waals surface area contributed by atoms with Crippen LogP contribution in [0.1, 0.15) is 76.7 Å². The lowest BCUT2D eigenvalue weighted by atomic mass is 10.1. The fraction of sp³-hybridized carbons (Fsp3) is 0.667. The molecule has 0 atom stereocenters. The largest absolute Gasteiger partial charge is 0.493 e. The lowest BCUT2D eigenvalue weighted by Gasteiger charge is -2.10. The molecule has 1 aromatic rings. The summed E-state index contributed by atoms with van der Waals surface area (Å²) in [6.07, 6.45) is 12.0. The molecule has 0 radical (unpaired) electrons. The Morgan fingerprint density at radius 3 is 2.08 bits per heavy atom.